The molecule has 0 radical (unpaired) electrons. The first-order valence-electron chi connectivity index (χ1n) is 7.81. The second kappa shape index (κ2) is 5.21. The van der Waals surface area contributed by atoms with Gasteiger partial charge in [-0.25, -0.2) is 0 Å². The average molecular weight is 272 g/mol. The first-order valence-corrected chi connectivity index (χ1v) is 7.81. The third kappa shape index (κ3) is 2.14. The van der Waals surface area contributed by atoms with Crippen LogP contribution in [-0.2, 0) is 4.79 Å². The van der Waals surface area contributed by atoms with Crippen LogP contribution in [0.2, 0.25) is 0 Å². The van der Waals surface area contributed by atoms with E-state index in [1.807, 2.05) is 13.0 Å². The maximum atomic E-state index is 12.9. The fraction of sp³-hybridized carbons (Fsp3) is 0.588. The number of amides is 1. The molecule has 1 aromatic carbocycles. The quantitative estimate of drug-likeness (QED) is 0.916. The number of benzene rings is 1. The third-order valence-corrected chi connectivity index (χ3v) is 4.98. The fourth-order valence-electron chi connectivity index (χ4n) is 3.53. The molecule has 1 heterocycles. The summed E-state index contributed by atoms with van der Waals surface area (Å²) in [4.78, 5) is 15.0. The van der Waals surface area contributed by atoms with Crippen molar-refractivity contribution in [2.45, 2.75) is 63.7 Å². The highest BCUT2D eigenvalue weighted by Gasteiger charge is 2.49. The number of nitrogens with zero attached hydrogens (tertiary/aromatic N) is 1. The van der Waals surface area contributed by atoms with E-state index in [1.165, 1.54) is 18.4 Å². The summed E-state index contributed by atoms with van der Waals surface area (Å²) in [5, 5.41) is 3.59. The first kappa shape index (κ1) is 13.6. The van der Waals surface area contributed by atoms with Crippen molar-refractivity contribution in [2.24, 2.45) is 0 Å². The molecule has 1 aliphatic carbocycles. The highest BCUT2D eigenvalue weighted by Crippen LogP contribution is 2.38. The van der Waals surface area contributed by atoms with Crippen molar-refractivity contribution >= 4 is 5.91 Å². The molecule has 3 rings (SSSR count). The van der Waals surface area contributed by atoms with Crippen molar-refractivity contribution < 1.29 is 4.79 Å². The first-order chi connectivity index (χ1) is 9.65. The molecule has 2 aliphatic rings. The Kier molecular flexibility index (Phi) is 3.55. The monoisotopic (exact) mass is 272 g/mol. The van der Waals surface area contributed by atoms with Gasteiger partial charge in [-0.1, -0.05) is 50.1 Å². The molecule has 3 heteroatoms. The van der Waals surface area contributed by atoms with Gasteiger partial charge in [0, 0.05) is 6.04 Å². The van der Waals surface area contributed by atoms with Gasteiger partial charge in [-0.05, 0) is 31.7 Å². The van der Waals surface area contributed by atoms with Crippen LogP contribution < -0.4 is 5.32 Å². The standard InChI is InChI=1S/C17H24N2O/c1-3-17(2)16(20)19(14-11-7-8-12-14)15(18-17)13-9-5-4-6-10-13/h4-6,9-10,14-15,18H,3,7-8,11-12H2,1-2H3. The summed E-state index contributed by atoms with van der Waals surface area (Å²) in [6.45, 7) is 4.13. The number of nitrogens with one attached hydrogen (secondary N) is 1. The minimum atomic E-state index is -0.414. The number of hydrogen-bond acceptors (Lipinski definition) is 2. The van der Waals surface area contributed by atoms with Crippen LogP contribution in [0.3, 0.4) is 0 Å². The van der Waals surface area contributed by atoms with Gasteiger partial charge in [-0.2, -0.15) is 0 Å². The lowest BCUT2D eigenvalue weighted by Crippen LogP contribution is -2.44. The molecule has 2 unspecified atom stereocenters. The zero-order valence-electron chi connectivity index (χ0n) is 12.4. The average Bonchev–Trinajstić information content (AvgIpc) is 3.08. The predicted octanol–water partition coefficient (Wildman–Crippen LogP) is 3.23. The van der Waals surface area contributed by atoms with E-state index < -0.39 is 5.54 Å². The highest BCUT2D eigenvalue weighted by atomic mass is 16.2. The number of carbonyl (C=O) groups excluding carboxylic acids is 1. The number of rotatable bonds is 3. The molecule has 1 N–H and O–H groups in total. The van der Waals surface area contributed by atoms with Crippen LogP contribution in [0.1, 0.15) is 57.7 Å². The third-order valence-electron chi connectivity index (χ3n) is 4.98. The lowest BCUT2D eigenvalue weighted by molar-refractivity contribution is -0.135. The van der Waals surface area contributed by atoms with Gasteiger partial charge in [-0.3, -0.25) is 10.1 Å². The Morgan fingerprint density at radius 1 is 1.25 bits per heavy atom. The van der Waals surface area contributed by atoms with Gasteiger partial charge in [0.15, 0.2) is 0 Å². The minimum Gasteiger partial charge on any atom is -0.318 e. The molecule has 2 fully saturated rings. The maximum absolute atomic E-state index is 12.9. The van der Waals surface area contributed by atoms with Crippen LogP contribution in [0.25, 0.3) is 0 Å². The van der Waals surface area contributed by atoms with E-state index in [1.54, 1.807) is 0 Å². The van der Waals surface area contributed by atoms with Gasteiger partial charge < -0.3 is 4.90 Å². The summed E-state index contributed by atoms with van der Waals surface area (Å²) in [5.41, 5.74) is 0.785. The molecule has 1 saturated carbocycles. The van der Waals surface area contributed by atoms with Gasteiger partial charge in [0.2, 0.25) is 5.91 Å². The molecule has 1 saturated heterocycles. The van der Waals surface area contributed by atoms with Crippen molar-refractivity contribution in [3.8, 4) is 0 Å². The molecule has 1 amide bonds. The largest absolute Gasteiger partial charge is 0.318 e. The SMILES string of the molecule is CCC1(C)NC(c2ccccc2)N(C2CCCC2)C1=O. The summed E-state index contributed by atoms with van der Waals surface area (Å²) in [5.74, 6) is 0.278. The van der Waals surface area contributed by atoms with Crippen LogP contribution in [0.15, 0.2) is 30.3 Å². The van der Waals surface area contributed by atoms with Crippen molar-refractivity contribution in [3.63, 3.8) is 0 Å². The van der Waals surface area contributed by atoms with Gasteiger partial charge >= 0.3 is 0 Å². The number of hydrogen-bond donors (Lipinski definition) is 1. The van der Waals surface area contributed by atoms with Gasteiger partial charge in [0.1, 0.15) is 6.17 Å². The van der Waals surface area contributed by atoms with E-state index in [-0.39, 0.29) is 12.1 Å². The molecule has 2 atom stereocenters. The molecular weight excluding hydrogens is 248 g/mol. The second-order valence-corrected chi connectivity index (χ2v) is 6.29. The summed E-state index contributed by atoms with van der Waals surface area (Å²) in [7, 11) is 0. The lowest BCUT2D eigenvalue weighted by atomic mass is 9.99. The zero-order valence-corrected chi connectivity index (χ0v) is 12.4. The highest BCUT2D eigenvalue weighted by molar-refractivity contribution is 5.89. The van der Waals surface area contributed by atoms with E-state index >= 15 is 0 Å². The Bertz CT molecular complexity index is 481. The Hall–Kier alpha value is -1.35. The fourth-order valence-corrected chi connectivity index (χ4v) is 3.53. The van der Waals surface area contributed by atoms with Crippen molar-refractivity contribution in [1.29, 1.82) is 0 Å². The molecule has 0 bridgehead atoms. The Morgan fingerprint density at radius 2 is 1.90 bits per heavy atom. The van der Waals surface area contributed by atoms with Crippen LogP contribution in [0.5, 0.6) is 0 Å². The Morgan fingerprint density at radius 3 is 2.50 bits per heavy atom. The molecule has 0 spiro atoms. The lowest BCUT2D eigenvalue weighted by Gasteiger charge is -2.30. The molecule has 3 nitrogen and oxygen atoms in total. The maximum Gasteiger partial charge on any atom is 0.244 e. The van der Waals surface area contributed by atoms with Gasteiger partial charge in [0.25, 0.3) is 0 Å². The normalized spacial score (nSPS) is 31.2. The van der Waals surface area contributed by atoms with E-state index in [2.05, 4.69) is 41.4 Å². The van der Waals surface area contributed by atoms with Crippen LogP contribution in [0.4, 0.5) is 0 Å². The topological polar surface area (TPSA) is 32.3 Å². The van der Waals surface area contributed by atoms with E-state index in [0.29, 0.717) is 6.04 Å². The molecule has 20 heavy (non-hydrogen) atoms. The van der Waals surface area contributed by atoms with Crippen LogP contribution in [-0.4, -0.2) is 22.4 Å². The van der Waals surface area contributed by atoms with Crippen molar-refractivity contribution in [1.82, 2.24) is 10.2 Å². The Balaban J connectivity index is 1.95. The summed E-state index contributed by atoms with van der Waals surface area (Å²) in [6.07, 6.45) is 5.67. The van der Waals surface area contributed by atoms with E-state index in [4.69, 9.17) is 0 Å². The molecular formula is C17H24N2O. The van der Waals surface area contributed by atoms with Gasteiger partial charge in [-0.15, -0.1) is 0 Å². The van der Waals surface area contributed by atoms with Crippen molar-refractivity contribution in [3.05, 3.63) is 35.9 Å². The minimum absolute atomic E-state index is 0.0387. The summed E-state index contributed by atoms with van der Waals surface area (Å²) >= 11 is 0. The summed E-state index contributed by atoms with van der Waals surface area (Å²) in [6, 6.07) is 10.8. The number of carbonyl (C=O) groups is 1. The molecule has 0 aromatic heterocycles. The Labute approximate surface area is 121 Å². The van der Waals surface area contributed by atoms with E-state index in [9.17, 15) is 4.79 Å². The van der Waals surface area contributed by atoms with Crippen LogP contribution >= 0.6 is 0 Å². The summed E-state index contributed by atoms with van der Waals surface area (Å²) < 4.78 is 0. The zero-order chi connectivity index (χ0) is 14.2. The predicted molar refractivity (Wildman–Crippen MR) is 80.1 cm³/mol. The second-order valence-electron chi connectivity index (χ2n) is 6.29. The molecule has 1 aromatic rings. The van der Waals surface area contributed by atoms with Gasteiger partial charge in [0.05, 0.1) is 5.54 Å². The molecule has 108 valence electrons. The molecule has 1 aliphatic heterocycles. The van der Waals surface area contributed by atoms with Crippen LogP contribution in [0, 0.1) is 0 Å². The van der Waals surface area contributed by atoms with Crippen molar-refractivity contribution in [2.75, 3.05) is 0 Å². The van der Waals surface area contributed by atoms with E-state index in [0.717, 1.165) is 19.3 Å². The smallest absolute Gasteiger partial charge is 0.244 e.